The van der Waals surface area contributed by atoms with Crippen molar-refractivity contribution in [2.45, 2.75) is 111 Å². The van der Waals surface area contributed by atoms with Gasteiger partial charge in [0.2, 0.25) is 0 Å². The van der Waals surface area contributed by atoms with Crippen LogP contribution in [0.4, 0.5) is 0 Å². The van der Waals surface area contributed by atoms with Crippen LogP contribution in [0.1, 0.15) is 109 Å². The number of hydrogen-bond acceptors (Lipinski definition) is 3. The molecule has 0 N–H and O–H groups in total. The van der Waals surface area contributed by atoms with Crippen molar-refractivity contribution in [2.24, 2.45) is 11.8 Å². The molecular weight excluding hydrogens is 372 g/mol. The monoisotopic (exact) mass is 416 g/mol. The van der Waals surface area contributed by atoms with Gasteiger partial charge in [-0.15, -0.1) is 0 Å². The Kier molecular flexibility index (Phi) is 12.0. The van der Waals surface area contributed by atoms with Crippen LogP contribution in [0, 0.1) is 18.8 Å². The highest BCUT2D eigenvalue weighted by Gasteiger charge is 2.21. The largest absolute Gasteiger partial charge is 0.493 e. The third-order valence-electron chi connectivity index (χ3n) is 6.52. The van der Waals surface area contributed by atoms with E-state index in [2.05, 4.69) is 13.8 Å². The van der Waals surface area contributed by atoms with Crippen molar-refractivity contribution in [3.63, 3.8) is 0 Å². The lowest BCUT2D eigenvalue weighted by Gasteiger charge is -2.28. The fraction of sp³-hybridized carbons (Fsp3) is 0.741. The second-order valence-corrected chi connectivity index (χ2v) is 9.26. The Morgan fingerprint density at radius 3 is 2.27 bits per heavy atom. The van der Waals surface area contributed by atoms with Crippen molar-refractivity contribution in [1.82, 2.24) is 0 Å². The Bertz CT molecular complexity index is 602. The molecule has 0 amide bonds. The van der Waals surface area contributed by atoms with E-state index in [1.807, 2.05) is 25.1 Å². The predicted octanol–water partition coefficient (Wildman–Crippen LogP) is 8.03. The molecular formula is C27H44O3. The highest BCUT2D eigenvalue weighted by molar-refractivity contribution is 5.72. The number of esters is 1. The maximum absolute atomic E-state index is 12.1. The van der Waals surface area contributed by atoms with Crippen molar-refractivity contribution in [3.05, 3.63) is 23.8 Å². The molecule has 170 valence electrons. The molecule has 1 aromatic carbocycles. The Hall–Kier alpha value is -1.51. The van der Waals surface area contributed by atoms with Crippen molar-refractivity contribution in [2.75, 3.05) is 6.61 Å². The molecule has 0 unspecified atom stereocenters. The Morgan fingerprint density at radius 1 is 0.900 bits per heavy atom. The second-order valence-electron chi connectivity index (χ2n) is 9.26. The minimum atomic E-state index is -0.126. The number of ether oxygens (including phenoxy) is 2. The van der Waals surface area contributed by atoms with Crippen LogP contribution >= 0.6 is 0 Å². The van der Waals surface area contributed by atoms with Gasteiger partial charge in [-0.3, -0.25) is 4.79 Å². The molecule has 0 saturated heterocycles. The number of rotatable bonds is 14. The van der Waals surface area contributed by atoms with Crippen molar-refractivity contribution in [3.8, 4) is 11.5 Å². The van der Waals surface area contributed by atoms with Crippen LogP contribution in [-0.2, 0) is 4.79 Å². The van der Waals surface area contributed by atoms with Gasteiger partial charge in [0.25, 0.3) is 0 Å². The van der Waals surface area contributed by atoms with E-state index in [4.69, 9.17) is 9.47 Å². The first-order valence-corrected chi connectivity index (χ1v) is 12.6. The molecule has 3 nitrogen and oxygen atoms in total. The van der Waals surface area contributed by atoms with E-state index in [-0.39, 0.29) is 5.97 Å². The van der Waals surface area contributed by atoms with Crippen LogP contribution < -0.4 is 9.47 Å². The summed E-state index contributed by atoms with van der Waals surface area (Å²) in [6.07, 6.45) is 17.0. The predicted molar refractivity (Wildman–Crippen MR) is 125 cm³/mol. The smallest absolute Gasteiger partial charge is 0.311 e. The second kappa shape index (κ2) is 14.5. The Balaban J connectivity index is 1.67. The van der Waals surface area contributed by atoms with Gasteiger partial charge in [0.05, 0.1) is 6.61 Å². The summed E-state index contributed by atoms with van der Waals surface area (Å²) >= 11 is 0. The third kappa shape index (κ3) is 9.53. The summed E-state index contributed by atoms with van der Waals surface area (Å²) < 4.78 is 11.6. The highest BCUT2D eigenvalue weighted by atomic mass is 16.5. The zero-order chi connectivity index (χ0) is 21.6. The van der Waals surface area contributed by atoms with E-state index in [9.17, 15) is 4.79 Å². The fourth-order valence-corrected chi connectivity index (χ4v) is 4.46. The Morgan fingerprint density at radius 2 is 1.57 bits per heavy atom. The summed E-state index contributed by atoms with van der Waals surface area (Å²) in [6, 6.07) is 5.82. The molecule has 0 bridgehead atoms. The first-order chi connectivity index (χ1) is 14.6. The lowest BCUT2D eigenvalue weighted by Crippen LogP contribution is -2.20. The van der Waals surface area contributed by atoms with E-state index in [0.29, 0.717) is 18.1 Å². The maximum atomic E-state index is 12.1. The molecule has 1 aliphatic carbocycles. The lowest BCUT2D eigenvalue weighted by molar-refractivity contribution is -0.134. The summed E-state index contributed by atoms with van der Waals surface area (Å²) in [7, 11) is 0. The number of carbonyl (C=O) groups is 1. The van der Waals surface area contributed by atoms with Gasteiger partial charge >= 0.3 is 5.97 Å². The Labute approximate surface area is 184 Å². The van der Waals surface area contributed by atoms with E-state index < -0.39 is 0 Å². The average molecular weight is 417 g/mol. The normalized spacial score (nSPS) is 18.9. The van der Waals surface area contributed by atoms with Crippen LogP contribution in [0.15, 0.2) is 18.2 Å². The standard InChI is InChI=1S/C27H44O3/c1-4-6-8-9-11-13-27(28)30-26-19-18-25(20-22(26)3)29-21-24-16-14-23(15-17-24)12-10-7-5-2/h18-20,23-24H,4-17,21H2,1-3H3. The van der Waals surface area contributed by atoms with E-state index in [1.165, 1.54) is 70.6 Å². The van der Waals surface area contributed by atoms with Crippen molar-refractivity contribution < 1.29 is 14.3 Å². The number of benzene rings is 1. The van der Waals surface area contributed by atoms with Gasteiger partial charge in [0, 0.05) is 6.42 Å². The van der Waals surface area contributed by atoms with Gasteiger partial charge in [-0.25, -0.2) is 0 Å². The number of hydrogen-bond donors (Lipinski definition) is 0. The minimum Gasteiger partial charge on any atom is -0.493 e. The number of aryl methyl sites for hydroxylation is 1. The van der Waals surface area contributed by atoms with Gasteiger partial charge in [-0.05, 0) is 61.8 Å². The van der Waals surface area contributed by atoms with Crippen LogP contribution in [0.25, 0.3) is 0 Å². The third-order valence-corrected chi connectivity index (χ3v) is 6.52. The first kappa shape index (κ1) is 24.8. The number of carbonyl (C=O) groups excluding carboxylic acids is 1. The highest BCUT2D eigenvalue weighted by Crippen LogP contribution is 2.33. The van der Waals surface area contributed by atoms with Gasteiger partial charge in [-0.1, -0.05) is 78.1 Å². The van der Waals surface area contributed by atoms with E-state index in [1.54, 1.807) is 0 Å². The molecule has 1 aromatic rings. The molecule has 0 atom stereocenters. The molecule has 0 spiro atoms. The molecule has 0 aliphatic heterocycles. The zero-order valence-corrected chi connectivity index (χ0v) is 19.7. The molecule has 1 fully saturated rings. The van der Waals surface area contributed by atoms with Gasteiger partial charge in [0.1, 0.15) is 11.5 Å². The summed E-state index contributed by atoms with van der Waals surface area (Å²) in [5, 5.41) is 0. The average Bonchev–Trinajstić information content (AvgIpc) is 2.75. The van der Waals surface area contributed by atoms with Gasteiger partial charge in [0.15, 0.2) is 0 Å². The van der Waals surface area contributed by atoms with Crippen molar-refractivity contribution >= 4 is 5.97 Å². The number of unbranched alkanes of at least 4 members (excludes halogenated alkanes) is 6. The van der Waals surface area contributed by atoms with Crippen LogP contribution in [0.2, 0.25) is 0 Å². The SMILES string of the molecule is CCCCCCCC(=O)Oc1ccc(OCC2CCC(CCCCC)CC2)cc1C. The molecule has 0 heterocycles. The fourth-order valence-electron chi connectivity index (χ4n) is 4.46. The lowest BCUT2D eigenvalue weighted by atomic mass is 9.80. The minimum absolute atomic E-state index is 0.126. The quantitative estimate of drug-likeness (QED) is 0.175. The molecule has 0 radical (unpaired) electrons. The van der Waals surface area contributed by atoms with Crippen LogP contribution in [0.3, 0.4) is 0 Å². The van der Waals surface area contributed by atoms with Crippen LogP contribution in [0.5, 0.6) is 11.5 Å². The van der Waals surface area contributed by atoms with Gasteiger partial charge in [-0.2, -0.15) is 0 Å². The molecule has 1 saturated carbocycles. The molecule has 2 rings (SSSR count). The zero-order valence-electron chi connectivity index (χ0n) is 19.7. The van der Waals surface area contributed by atoms with E-state index >= 15 is 0 Å². The van der Waals surface area contributed by atoms with Crippen molar-refractivity contribution in [1.29, 1.82) is 0 Å². The van der Waals surface area contributed by atoms with Crippen LogP contribution in [-0.4, -0.2) is 12.6 Å². The summed E-state index contributed by atoms with van der Waals surface area (Å²) in [4.78, 5) is 12.1. The maximum Gasteiger partial charge on any atom is 0.311 e. The topological polar surface area (TPSA) is 35.5 Å². The molecule has 30 heavy (non-hydrogen) atoms. The first-order valence-electron chi connectivity index (χ1n) is 12.6. The summed E-state index contributed by atoms with van der Waals surface area (Å²) in [5.41, 5.74) is 0.964. The summed E-state index contributed by atoms with van der Waals surface area (Å²) in [6.45, 7) is 7.27. The molecule has 1 aliphatic rings. The van der Waals surface area contributed by atoms with E-state index in [0.717, 1.165) is 36.7 Å². The molecule has 0 aromatic heterocycles. The summed E-state index contributed by atoms with van der Waals surface area (Å²) in [5.74, 6) is 3.04. The molecule has 3 heteroatoms. The van der Waals surface area contributed by atoms with Gasteiger partial charge < -0.3 is 9.47 Å².